The van der Waals surface area contributed by atoms with Gasteiger partial charge in [-0.05, 0) is 61.4 Å². The van der Waals surface area contributed by atoms with Gasteiger partial charge in [-0.15, -0.1) is 0 Å². The Morgan fingerprint density at radius 1 is 0.879 bits per heavy atom. The normalized spacial score (nSPS) is 20.2. The van der Waals surface area contributed by atoms with Gasteiger partial charge in [0.05, 0.1) is 20.6 Å². The van der Waals surface area contributed by atoms with Crippen molar-refractivity contribution in [3.05, 3.63) is 59.2 Å². The third kappa shape index (κ3) is 4.57. The van der Waals surface area contributed by atoms with E-state index in [2.05, 4.69) is 0 Å². The molecule has 0 aliphatic heterocycles. The third-order valence-corrected chi connectivity index (χ3v) is 10.8. The van der Waals surface area contributed by atoms with Gasteiger partial charge in [0.15, 0.2) is 9.84 Å². The molecule has 0 unspecified atom stereocenters. The van der Waals surface area contributed by atoms with Crippen molar-refractivity contribution >= 4 is 19.9 Å². The second-order valence-electron chi connectivity index (χ2n) is 8.77. The van der Waals surface area contributed by atoms with Gasteiger partial charge in [-0.1, -0.05) is 37.1 Å². The van der Waals surface area contributed by atoms with Crippen molar-refractivity contribution in [3.8, 4) is 0 Å². The number of hydrogen-bond donors (Lipinski definition) is 0. The van der Waals surface area contributed by atoms with Gasteiger partial charge in [-0.2, -0.15) is 17.5 Å². The highest BCUT2D eigenvalue weighted by molar-refractivity contribution is 7.92. The third-order valence-electron chi connectivity index (χ3n) is 6.73. The van der Waals surface area contributed by atoms with Crippen LogP contribution >= 0.6 is 0 Å². The summed E-state index contributed by atoms with van der Waals surface area (Å²) in [4.78, 5) is -1.24. The number of sulfone groups is 1. The van der Waals surface area contributed by atoms with E-state index in [-0.39, 0.29) is 0 Å². The van der Waals surface area contributed by atoms with Crippen molar-refractivity contribution < 1.29 is 30.0 Å². The maximum absolute atomic E-state index is 13.7. The molecular formula is C23H26F3NO4S2. The van der Waals surface area contributed by atoms with Gasteiger partial charge in [0.1, 0.15) is 0 Å². The van der Waals surface area contributed by atoms with E-state index in [1.54, 1.807) is 6.07 Å². The molecule has 0 bridgehead atoms. The summed E-state index contributed by atoms with van der Waals surface area (Å²) in [6.45, 7) is 0. The molecule has 0 radical (unpaired) electrons. The second kappa shape index (κ2) is 8.70. The van der Waals surface area contributed by atoms with Crippen LogP contribution in [-0.4, -0.2) is 33.4 Å². The first-order chi connectivity index (χ1) is 15.4. The van der Waals surface area contributed by atoms with E-state index in [0.29, 0.717) is 44.2 Å². The van der Waals surface area contributed by atoms with Crippen LogP contribution in [0.5, 0.6) is 0 Å². The lowest BCUT2D eigenvalue weighted by Gasteiger charge is -2.32. The number of aryl methyl sites for hydroxylation is 1. The summed E-state index contributed by atoms with van der Waals surface area (Å²) in [5, 5.41) is -0.792. The highest BCUT2D eigenvalue weighted by Crippen LogP contribution is 2.39. The molecule has 0 amide bonds. The zero-order valence-corrected chi connectivity index (χ0v) is 19.8. The van der Waals surface area contributed by atoms with E-state index in [1.807, 2.05) is 18.2 Å². The van der Waals surface area contributed by atoms with E-state index in [1.165, 1.54) is 7.05 Å². The van der Waals surface area contributed by atoms with Gasteiger partial charge in [0.2, 0.25) is 10.0 Å². The maximum atomic E-state index is 13.7. The van der Waals surface area contributed by atoms with Crippen LogP contribution in [0.2, 0.25) is 0 Å². The van der Waals surface area contributed by atoms with Crippen molar-refractivity contribution in [3.63, 3.8) is 0 Å². The molecule has 5 nitrogen and oxygen atoms in total. The number of nitrogens with zero attached hydrogens (tertiary/aromatic N) is 1. The van der Waals surface area contributed by atoms with Crippen molar-refractivity contribution in [1.29, 1.82) is 0 Å². The Hall–Kier alpha value is -1.91. The average Bonchev–Trinajstić information content (AvgIpc) is 3.33. The van der Waals surface area contributed by atoms with Gasteiger partial charge in [0, 0.05) is 13.1 Å². The SMILES string of the molecule is CN([C@@H]1CCCc2ccccc21)S(=O)(=O)c1cc(C(F)(F)F)cc(S(=O)(=O)C2CCCC2)c1. The maximum Gasteiger partial charge on any atom is 0.416 e. The fraction of sp³-hybridized carbons (Fsp3) is 0.478. The van der Waals surface area contributed by atoms with Crippen molar-refractivity contribution in [2.75, 3.05) is 7.05 Å². The number of fused-ring (bicyclic) bond motifs is 1. The largest absolute Gasteiger partial charge is 0.416 e. The monoisotopic (exact) mass is 501 g/mol. The summed E-state index contributed by atoms with van der Waals surface area (Å²) < 4.78 is 95.1. The van der Waals surface area contributed by atoms with Gasteiger partial charge in [0.25, 0.3) is 0 Å². The van der Waals surface area contributed by atoms with Crippen LogP contribution in [0.1, 0.15) is 61.3 Å². The molecule has 0 heterocycles. The molecule has 1 atom stereocenters. The molecule has 1 fully saturated rings. The van der Waals surface area contributed by atoms with Crippen molar-refractivity contribution in [1.82, 2.24) is 4.31 Å². The molecule has 33 heavy (non-hydrogen) atoms. The molecule has 10 heteroatoms. The summed E-state index contributed by atoms with van der Waals surface area (Å²) in [7, 11) is -7.15. The Labute approximate surface area is 192 Å². The Balaban J connectivity index is 1.81. The molecule has 0 saturated heterocycles. The zero-order chi connectivity index (χ0) is 24.0. The molecule has 2 aliphatic carbocycles. The lowest BCUT2D eigenvalue weighted by molar-refractivity contribution is -0.137. The summed E-state index contributed by atoms with van der Waals surface area (Å²) in [5.74, 6) is 0. The molecule has 0 aromatic heterocycles. The quantitative estimate of drug-likeness (QED) is 0.570. The Morgan fingerprint density at radius 3 is 2.18 bits per heavy atom. The molecule has 0 spiro atoms. The molecule has 0 N–H and O–H groups in total. The molecule has 1 saturated carbocycles. The summed E-state index contributed by atoms with van der Waals surface area (Å²) in [6, 6.07) is 8.85. The fourth-order valence-electron chi connectivity index (χ4n) is 4.88. The van der Waals surface area contributed by atoms with E-state index >= 15 is 0 Å². The molecule has 2 aromatic rings. The van der Waals surface area contributed by atoms with Crippen molar-refractivity contribution in [2.24, 2.45) is 0 Å². The standard InChI is InChI=1S/C23H26F3NO4S2/c1-27(22-12-6-8-16-7-2-5-11-21(16)22)33(30,31)20-14-17(23(24,25)26)13-19(15-20)32(28,29)18-9-3-4-10-18/h2,5,7,11,13-15,18,22H,3-4,6,8-10,12H2,1H3/t22-/m1/s1. The molecule has 180 valence electrons. The zero-order valence-electron chi connectivity index (χ0n) is 18.2. The molecule has 2 aliphatic rings. The van der Waals surface area contributed by atoms with Crippen LogP contribution in [0, 0.1) is 0 Å². The lowest BCUT2D eigenvalue weighted by atomic mass is 9.88. The highest BCUT2D eigenvalue weighted by Gasteiger charge is 2.39. The van der Waals surface area contributed by atoms with E-state index < -0.39 is 52.7 Å². The highest BCUT2D eigenvalue weighted by atomic mass is 32.2. The van der Waals surface area contributed by atoms with Crippen LogP contribution in [0.15, 0.2) is 52.3 Å². The van der Waals surface area contributed by atoms with E-state index in [9.17, 15) is 30.0 Å². The van der Waals surface area contributed by atoms with E-state index in [0.717, 1.165) is 34.3 Å². The number of halogens is 3. The number of benzene rings is 2. The lowest BCUT2D eigenvalue weighted by Crippen LogP contribution is -2.33. The van der Waals surface area contributed by atoms with Gasteiger partial charge in [-0.25, -0.2) is 16.8 Å². The Kier molecular flexibility index (Phi) is 6.39. The minimum atomic E-state index is -4.89. The Morgan fingerprint density at radius 2 is 1.52 bits per heavy atom. The predicted molar refractivity (Wildman–Crippen MR) is 118 cm³/mol. The van der Waals surface area contributed by atoms with Gasteiger partial charge in [-0.3, -0.25) is 0 Å². The minimum absolute atomic E-state index is 0.361. The van der Waals surface area contributed by atoms with Crippen LogP contribution in [-0.2, 0) is 32.5 Å². The predicted octanol–water partition coefficient (Wildman–Crippen LogP) is 5.12. The molecular weight excluding hydrogens is 475 g/mol. The Bertz CT molecular complexity index is 1250. The molecule has 2 aromatic carbocycles. The second-order valence-corrected chi connectivity index (χ2v) is 13.0. The fourth-order valence-corrected chi connectivity index (χ4v) is 8.31. The van der Waals surface area contributed by atoms with Gasteiger partial charge >= 0.3 is 6.18 Å². The van der Waals surface area contributed by atoms with Crippen LogP contribution in [0.25, 0.3) is 0 Å². The molecule has 4 rings (SSSR count). The minimum Gasteiger partial charge on any atom is -0.223 e. The first-order valence-electron chi connectivity index (χ1n) is 10.9. The summed E-state index contributed by atoms with van der Waals surface area (Å²) >= 11 is 0. The van der Waals surface area contributed by atoms with Crippen LogP contribution in [0.4, 0.5) is 13.2 Å². The number of alkyl halides is 3. The summed E-state index contributed by atoms with van der Waals surface area (Å²) in [5.41, 5.74) is 0.544. The van der Waals surface area contributed by atoms with Gasteiger partial charge < -0.3 is 0 Å². The average molecular weight is 502 g/mol. The first-order valence-corrected chi connectivity index (χ1v) is 13.9. The van der Waals surface area contributed by atoms with Crippen LogP contribution < -0.4 is 0 Å². The number of hydrogen-bond acceptors (Lipinski definition) is 4. The smallest absolute Gasteiger partial charge is 0.223 e. The van der Waals surface area contributed by atoms with Crippen LogP contribution in [0.3, 0.4) is 0 Å². The first kappa shape index (κ1) is 24.2. The number of rotatable bonds is 5. The summed E-state index contributed by atoms with van der Waals surface area (Å²) in [6.07, 6.45) is -0.742. The number of sulfonamides is 1. The topological polar surface area (TPSA) is 71.5 Å². The van der Waals surface area contributed by atoms with Crippen molar-refractivity contribution in [2.45, 2.75) is 72.2 Å². The van der Waals surface area contributed by atoms with E-state index in [4.69, 9.17) is 0 Å².